The molecule has 0 aromatic carbocycles. The molecular weight excluding hydrogens is 954 g/mol. The van der Waals surface area contributed by atoms with Crippen molar-refractivity contribution in [1.29, 1.82) is 0 Å². The van der Waals surface area contributed by atoms with Crippen LogP contribution in [-0.4, -0.2) is 74.9 Å². The maximum Gasteiger partial charge on any atom is 0.472 e. The molecule has 0 aliphatic heterocycles. The summed E-state index contributed by atoms with van der Waals surface area (Å²) in [6, 6.07) is 0. The van der Waals surface area contributed by atoms with E-state index in [0.29, 0.717) is 23.9 Å². The molecule has 0 amide bonds. The number of carbonyl (C=O) groups is 2. The highest BCUT2D eigenvalue weighted by molar-refractivity contribution is 7.47. The first kappa shape index (κ1) is 72.7. The van der Waals surface area contributed by atoms with Gasteiger partial charge in [0.2, 0.25) is 0 Å². The number of nitrogens with zero attached hydrogens (tertiary/aromatic N) is 1. The lowest BCUT2D eigenvalue weighted by Gasteiger charge is -2.24. The minimum absolute atomic E-state index is 0.0341. The van der Waals surface area contributed by atoms with Crippen LogP contribution in [-0.2, 0) is 32.7 Å². The third-order valence-electron chi connectivity index (χ3n) is 13.8. The molecule has 0 aliphatic rings. The van der Waals surface area contributed by atoms with Crippen molar-refractivity contribution < 1.29 is 42.1 Å². The zero-order chi connectivity index (χ0) is 54.9. The van der Waals surface area contributed by atoms with E-state index in [-0.39, 0.29) is 25.6 Å². The Labute approximate surface area is 464 Å². The van der Waals surface area contributed by atoms with Crippen LogP contribution in [0.25, 0.3) is 0 Å². The molecule has 0 saturated heterocycles. The average Bonchev–Trinajstić information content (AvgIpc) is 3.37. The fraction of sp³-hybridized carbons (Fsp3) is 0.815. The number of likely N-dealkylation sites (N-methyl/N-ethyl adjacent to an activating group) is 1. The SMILES string of the molecule is CC/C=C\C/C=C\C/C=C\C/C=C\C/C=C\CCCCCCCCCCCCCCCCCCCCCCCCCC(=O)OC(COC(=O)CCCCCCCCCCCCCC)COP(=O)(O)OCC[N+](C)(C)C. The van der Waals surface area contributed by atoms with Crippen LogP contribution < -0.4 is 0 Å². The van der Waals surface area contributed by atoms with Crippen LogP contribution in [0, 0.1) is 0 Å². The van der Waals surface area contributed by atoms with Crippen LogP contribution >= 0.6 is 7.82 Å². The van der Waals surface area contributed by atoms with E-state index in [1.807, 2.05) is 21.1 Å². The molecular formula is C65H121NO8P+. The van der Waals surface area contributed by atoms with Gasteiger partial charge < -0.3 is 18.9 Å². The van der Waals surface area contributed by atoms with Gasteiger partial charge in [0.25, 0.3) is 0 Å². The molecule has 0 radical (unpaired) electrons. The van der Waals surface area contributed by atoms with E-state index in [1.54, 1.807) is 0 Å². The quantitative estimate of drug-likeness (QED) is 0.0211. The van der Waals surface area contributed by atoms with Gasteiger partial charge in [-0.2, -0.15) is 0 Å². The molecule has 0 heterocycles. The maximum absolute atomic E-state index is 12.8. The predicted molar refractivity (Wildman–Crippen MR) is 321 cm³/mol. The van der Waals surface area contributed by atoms with E-state index in [4.69, 9.17) is 18.5 Å². The minimum atomic E-state index is -4.38. The summed E-state index contributed by atoms with van der Waals surface area (Å²) < 4.78 is 34.5. The summed E-state index contributed by atoms with van der Waals surface area (Å²) in [6.45, 7) is 4.35. The van der Waals surface area contributed by atoms with Gasteiger partial charge in [-0.05, 0) is 57.8 Å². The Balaban J connectivity index is 3.88. The molecule has 0 aromatic heterocycles. The number of allylic oxidation sites excluding steroid dienone is 10. The fourth-order valence-corrected chi connectivity index (χ4v) is 9.73. The van der Waals surface area contributed by atoms with Gasteiger partial charge in [0.1, 0.15) is 19.8 Å². The van der Waals surface area contributed by atoms with Gasteiger partial charge in [-0.25, -0.2) is 4.57 Å². The summed E-state index contributed by atoms with van der Waals surface area (Å²) in [5, 5.41) is 0. The normalized spacial score (nSPS) is 13.6. The van der Waals surface area contributed by atoms with E-state index in [9.17, 15) is 19.0 Å². The van der Waals surface area contributed by atoms with Crippen molar-refractivity contribution in [2.45, 2.75) is 296 Å². The standard InChI is InChI=1S/C65H120NO8P/c1-6-8-10-12-14-16-18-20-21-22-23-24-25-26-27-28-29-30-31-32-33-34-35-36-37-38-39-40-41-42-43-44-45-46-48-50-52-54-56-58-65(68)74-63(62-73-75(69,70)72-60-59-66(3,4)5)61-71-64(67)57-55-53-51-49-47-19-17-15-13-11-9-7-2/h8,10,14,16,20-21,23-24,26-27,63H,6-7,9,11-13,15,17-19,22,25,28-62H2,1-5H3/p+1/b10-8-,16-14-,21-20-,24-23-,27-26-. The molecule has 0 saturated carbocycles. The number of quaternary nitrogens is 1. The number of phosphoric acid groups is 1. The maximum atomic E-state index is 12.8. The topological polar surface area (TPSA) is 108 Å². The van der Waals surface area contributed by atoms with Crippen LogP contribution in [0.2, 0.25) is 0 Å². The largest absolute Gasteiger partial charge is 0.472 e. The third kappa shape index (κ3) is 60.8. The molecule has 0 spiro atoms. The first-order chi connectivity index (χ1) is 36.5. The number of rotatable bonds is 58. The molecule has 1 N–H and O–H groups in total. The van der Waals surface area contributed by atoms with Crippen molar-refractivity contribution in [2.24, 2.45) is 0 Å². The molecule has 75 heavy (non-hydrogen) atoms. The van der Waals surface area contributed by atoms with Gasteiger partial charge in [0, 0.05) is 12.8 Å². The molecule has 0 rings (SSSR count). The van der Waals surface area contributed by atoms with Crippen molar-refractivity contribution in [2.75, 3.05) is 47.5 Å². The third-order valence-corrected chi connectivity index (χ3v) is 14.8. The molecule has 2 atom stereocenters. The lowest BCUT2D eigenvalue weighted by atomic mass is 10.0. The number of ether oxygens (including phenoxy) is 2. The van der Waals surface area contributed by atoms with Gasteiger partial charge in [0.15, 0.2) is 6.10 Å². The Bertz CT molecular complexity index is 1450. The van der Waals surface area contributed by atoms with Gasteiger partial charge in [-0.15, -0.1) is 0 Å². The Kier molecular flexibility index (Phi) is 54.7. The van der Waals surface area contributed by atoms with Crippen LogP contribution in [0.4, 0.5) is 0 Å². The zero-order valence-electron chi connectivity index (χ0n) is 49.8. The lowest BCUT2D eigenvalue weighted by Crippen LogP contribution is -2.37. The second kappa shape index (κ2) is 56.4. The summed E-state index contributed by atoms with van der Waals surface area (Å²) >= 11 is 0. The molecule has 0 fully saturated rings. The first-order valence-corrected chi connectivity index (χ1v) is 33.0. The van der Waals surface area contributed by atoms with Crippen LogP contribution in [0.5, 0.6) is 0 Å². The van der Waals surface area contributed by atoms with Gasteiger partial charge in [0.05, 0.1) is 27.7 Å². The summed E-state index contributed by atoms with van der Waals surface area (Å²) in [5.41, 5.74) is 0. The van der Waals surface area contributed by atoms with Crippen LogP contribution in [0.3, 0.4) is 0 Å². The fourth-order valence-electron chi connectivity index (χ4n) is 8.99. The molecule has 9 nitrogen and oxygen atoms in total. The second-order valence-electron chi connectivity index (χ2n) is 22.4. The van der Waals surface area contributed by atoms with Crippen molar-refractivity contribution >= 4 is 19.8 Å². The monoisotopic (exact) mass is 1070 g/mol. The van der Waals surface area contributed by atoms with E-state index < -0.39 is 26.5 Å². The summed E-state index contributed by atoms with van der Waals surface area (Å²) in [6.07, 6.45) is 73.3. The van der Waals surface area contributed by atoms with E-state index in [1.165, 1.54) is 193 Å². The van der Waals surface area contributed by atoms with Crippen molar-refractivity contribution in [3.63, 3.8) is 0 Å². The Morgan fingerprint density at radius 3 is 1.13 bits per heavy atom. The number of phosphoric ester groups is 1. The molecule has 2 unspecified atom stereocenters. The van der Waals surface area contributed by atoms with E-state index >= 15 is 0 Å². The first-order valence-electron chi connectivity index (χ1n) is 31.5. The van der Waals surface area contributed by atoms with Crippen LogP contribution in [0.1, 0.15) is 290 Å². The highest BCUT2D eigenvalue weighted by Crippen LogP contribution is 2.43. The molecule has 0 aromatic rings. The van der Waals surface area contributed by atoms with Gasteiger partial charge in [-0.3, -0.25) is 18.6 Å². The number of unbranched alkanes of at least 4 members (excludes halogenated alkanes) is 34. The molecule has 10 heteroatoms. The predicted octanol–water partition coefficient (Wildman–Crippen LogP) is 19.9. The number of esters is 2. The highest BCUT2D eigenvalue weighted by Gasteiger charge is 2.27. The summed E-state index contributed by atoms with van der Waals surface area (Å²) in [7, 11) is 1.49. The summed E-state index contributed by atoms with van der Waals surface area (Å²) in [4.78, 5) is 35.6. The number of hydrogen-bond acceptors (Lipinski definition) is 7. The molecule has 0 aliphatic carbocycles. The Hall–Kier alpha value is -2.29. The van der Waals surface area contributed by atoms with Crippen molar-refractivity contribution in [1.82, 2.24) is 0 Å². The second-order valence-corrected chi connectivity index (χ2v) is 23.9. The Morgan fingerprint density at radius 1 is 0.427 bits per heavy atom. The van der Waals surface area contributed by atoms with Crippen LogP contribution in [0.15, 0.2) is 60.8 Å². The average molecular weight is 1080 g/mol. The number of hydrogen-bond donors (Lipinski definition) is 1. The smallest absolute Gasteiger partial charge is 0.462 e. The zero-order valence-corrected chi connectivity index (χ0v) is 50.7. The van der Waals surface area contributed by atoms with E-state index in [2.05, 4.69) is 74.6 Å². The highest BCUT2D eigenvalue weighted by atomic mass is 31.2. The summed E-state index contributed by atoms with van der Waals surface area (Å²) in [5.74, 6) is -0.784. The Morgan fingerprint density at radius 2 is 0.760 bits per heavy atom. The van der Waals surface area contributed by atoms with Gasteiger partial charge >= 0.3 is 19.8 Å². The number of carbonyl (C=O) groups excluding carboxylic acids is 2. The van der Waals surface area contributed by atoms with E-state index in [0.717, 1.165) is 64.2 Å². The van der Waals surface area contributed by atoms with Crippen molar-refractivity contribution in [3.8, 4) is 0 Å². The molecule has 0 bridgehead atoms. The minimum Gasteiger partial charge on any atom is -0.462 e. The lowest BCUT2D eigenvalue weighted by molar-refractivity contribution is -0.870. The van der Waals surface area contributed by atoms with Gasteiger partial charge in [-0.1, -0.05) is 280 Å². The van der Waals surface area contributed by atoms with Crippen molar-refractivity contribution in [3.05, 3.63) is 60.8 Å². The molecule has 438 valence electrons.